The van der Waals surface area contributed by atoms with Crippen LogP contribution in [-0.2, 0) is 11.3 Å². The third kappa shape index (κ3) is 3.41. The summed E-state index contributed by atoms with van der Waals surface area (Å²) in [7, 11) is 0. The predicted molar refractivity (Wildman–Crippen MR) is 118 cm³/mol. The molecular weight excluding hydrogens is 436 g/mol. The first-order valence-corrected chi connectivity index (χ1v) is 11.4. The van der Waals surface area contributed by atoms with Crippen LogP contribution in [0.1, 0.15) is 47.7 Å². The van der Waals surface area contributed by atoms with Crippen LogP contribution in [0, 0.1) is 6.92 Å². The number of carbonyl (C=O) groups excluding carboxylic acids is 2. The molecule has 2 amide bonds. The number of rotatable bonds is 3. The molecule has 0 radical (unpaired) electrons. The molecule has 160 valence electrons. The molecule has 1 aromatic carbocycles. The number of amides is 2. The first-order valence-electron chi connectivity index (χ1n) is 10.2. The lowest BCUT2D eigenvalue weighted by atomic mass is 10.1. The molecule has 0 unspecified atom stereocenters. The van der Waals surface area contributed by atoms with E-state index >= 15 is 0 Å². The van der Waals surface area contributed by atoms with E-state index in [0.29, 0.717) is 54.1 Å². The van der Waals surface area contributed by atoms with E-state index in [4.69, 9.17) is 16.6 Å². The SMILES string of the molecule is Cc1nsc(-c2nc(N3CCCC3=O)c3n2CCN(C(=O)c2ccc(Cl)cc2)[C@@H]3C)n1. The minimum Gasteiger partial charge on any atom is -0.328 e. The van der Waals surface area contributed by atoms with Gasteiger partial charge < -0.3 is 9.47 Å². The van der Waals surface area contributed by atoms with Gasteiger partial charge in [0.1, 0.15) is 5.82 Å². The predicted octanol–water partition coefficient (Wildman–Crippen LogP) is 3.71. The van der Waals surface area contributed by atoms with Crippen molar-refractivity contribution in [2.45, 2.75) is 39.3 Å². The van der Waals surface area contributed by atoms with Crippen LogP contribution in [0.4, 0.5) is 5.82 Å². The maximum atomic E-state index is 13.3. The maximum Gasteiger partial charge on any atom is 0.254 e. The lowest BCUT2D eigenvalue weighted by Gasteiger charge is -2.36. The largest absolute Gasteiger partial charge is 0.328 e. The minimum absolute atomic E-state index is 0.0641. The zero-order chi connectivity index (χ0) is 21.7. The number of benzene rings is 1. The molecule has 2 aliphatic heterocycles. The van der Waals surface area contributed by atoms with Crippen molar-refractivity contribution in [2.24, 2.45) is 0 Å². The van der Waals surface area contributed by atoms with E-state index in [1.54, 1.807) is 29.2 Å². The summed E-state index contributed by atoms with van der Waals surface area (Å²) in [6.45, 7) is 5.57. The van der Waals surface area contributed by atoms with Crippen molar-refractivity contribution < 1.29 is 9.59 Å². The first-order chi connectivity index (χ1) is 14.9. The van der Waals surface area contributed by atoms with Crippen LogP contribution >= 0.6 is 23.1 Å². The number of aromatic nitrogens is 4. The fraction of sp³-hybridized carbons (Fsp3) is 0.381. The van der Waals surface area contributed by atoms with Gasteiger partial charge in [-0.1, -0.05) is 11.6 Å². The highest BCUT2D eigenvalue weighted by molar-refractivity contribution is 7.09. The van der Waals surface area contributed by atoms with Crippen molar-refractivity contribution >= 4 is 40.8 Å². The smallest absolute Gasteiger partial charge is 0.254 e. The molecular formula is C21H21ClN6O2S. The second-order valence-electron chi connectivity index (χ2n) is 7.77. The van der Waals surface area contributed by atoms with E-state index in [2.05, 4.69) is 13.9 Å². The number of hydrogen-bond acceptors (Lipinski definition) is 6. The molecule has 2 aromatic heterocycles. The van der Waals surface area contributed by atoms with Crippen LogP contribution in [0.2, 0.25) is 5.02 Å². The normalized spacial score (nSPS) is 18.5. The van der Waals surface area contributed by atoms with Crippen molar-refractivity contribution in [3.8, 4) is 10.8 Å². The van der Waals surface area contributed by atoms with E-state index in [0.717, 1.165) is 17.1 Å². The Hall–Kier alpha value is -2.78. The van der Waals surface area contributed by atoms with Gasteiger partial charge in [0.25, 0.3) is 5.91 Å². The van der Waals surface area contributed by atoms with E-state index < -0.39 is 0 Å². The van der Waals surface area contributed by atoms with E-state index in [-0.39, 0.29) is 17.9 Å². The van der Waals surface area contributed by atoms with Crippen LogP contribution in [0.25, 0.3) is 10.8 Å². The first kappa shape index (κ1) is 20.1. The van der Waals surface area contributed by atoms with Crippen LogP contribution in [0.5, 0.6) is 0 Å². The van der Waals surface area contributed by atoms with Crippen LogP contribution in [0.3, 0.4) is 0 Å². The maximum absolute atomic E-state index is 13.3. The fourth-order valence-electron chi connectivity index (χ4n) is 4.30. The van der Waals surface area contributed by atoms with Gasteiger partial charge in [-0.25, -0.2) is 9.97 Å². The van der Waals surface area contributed by atoms with Crippen LogP contribution < -0.4 is 4.90 Å². The van der Waals surface area contributed by atoms with Gasteiger partial charge in [0.15, 0.2) is 16.6 Å². The Morgan fingerprint density at radius 3 is 2.58 bits per heavy atom. The summed E-state index contributed by atoms with van der Waals surface area (Å²) in [6.07, 6.45) is 1.32. The molecule has 1 saturated heterocycles. The Balaban J connectivity index is 1.58. The van der Waals surface area contributed by atoms with Gasteiger partial charge in [-0.2, -0.15) is 4.37 Å². The molecule has 2 aliphatic rings. The van der Waals surface area contributed by atoms with Gasteiger partial charge in [-0.15, -0.1) is 0 Å². The van der Waals surface area contributed by atoms with Crippen molar-refractivity contribution in [3.05, 3.63) is 46.4 Å². The van der Waals surface area contributed by atoms with Gasteiger partial charge in [0, 0.05) is 36.6 Å². The summed E-state index contributed by atoms with van der Waals surface area (Å²) in [6, 6.07) is 6.67. The van der Waals surface area contributed by atoms with Gasteiger partial charge in [0.05, 0.1) is 11.7 Å². The third-order valence-corrected chi connectivity index (χ3v) is 6.87. The van der Waals surface area contributed by atoms with Crippen LogP contribution in [0.15, 0.2) is 24.3 Å². The lowest BCUT2D eigenvalue weighted by molar-refractivity contribution is -0.117. The standard InChI is InChI=1S/C21H21ClN6O2S/c1-12-17-18(27-9-3-4-16(27)29)24-19(20-23-13(2)25-31-20)28(17)11-10-26(12)21(30)14-5-7-15(22)8-6-14/h5-8,12H,3-4,9-11H2,1-2H3/t12-/m1/s1. The molecule has 5 rings (SSSR count). The molecule has 3 aromatic rings. The summed E-state index contributed by atoms with van der Waals surface area (Å²) in [5.74, 6) is 2.03. The molecule has 4 heterocycles. The third-order valence-electron chi connectivity index (χ3n) is 5.82. The zero-order valence-corrected chi connectivity index (χ0v) is 18.8. The average molecular weight is 457 g/mol. The molecule has 31 heavy (non-hydrogen) atoms. The van der Waals surface area contributed by atoms with Gasteiger partial charge in [-0.05, 0) is 56.1 Å². The molecule has 0 aliphatic carbocycles. The molecule has 1 fully saturated rings. The van der Waals surface area contributed by atoms with Gasteiger partial charge in [0.2, 0.25) is 5.91 Å². The Bertz CT molecular complexity index is 1170. The Morgan fingerprint density at radius 1 is 1.16 bits per heavy atom. The Kier molecular flexibility index (Phi) is 5.02. The molecule has 0 spiro atoms. The summed E-state index contributed by atoms with van der Waals surface area (Å²) in [5.41, 5.74) is 1.45. The molecule has 0 saturated carbocycles. The number of fused-ring (bicyclic) bond motifs is 1. The highest BCUT2D eigenvalue weighted by Crippen LogP contribution is 2.39. The lowest BCUT2D eigenvalue weighted by Crippen LogP contribution is -2.42. The number of carbonyl (C=O) groups is 2. The number of nitrogens with zero attached hydrogens (tertiary/aromatic N) is 6. The summed E-state index contributed by atoms with van der Waals surface area (Å²) < 4.78 is 6.39. The van der Waals surface area contributed by atoms with E-state index in [1.807, 2.05) is 18.7 Å². The Labute approximate surface area is 188 Å². The average Bonchev–Trinajstić information content (AvgIpc) is 3.46. The second kappa shape index (κ2) is 7.72. The quantitative estimate of drug-likeness (QED) is 0.599. The highest BCUT2D eigenvalue weighted by Gasteiger charge is 2.38. The van der Waals surface area contributed by atoms with Crippen molar-refractivity contribution in [3.63, 3.8) is 0 Å². The number of hydrogen-bond donors (Lipinski definition) is 0. The summed E-state index contributed by atoms with van der Waals surface area (Å²) >= 11 is 7.28. The number of imidazole rings is 1. The van der Waals surface area contributed by atoms with Crippen molar-refractivity contribution in [1.29, 1.82) is 0 Å². The van der Waals surface area contributed by atoms with Crippen molar-refractivity contribution in [2.75, 3.05) is 18.0 Å². The number of aryl methyl sites for hydroxylation is 1. The summed E-state index contributed by atoms with van der Waals surface area (Å²) in [5, 5.41) is 1.31. The molecule has 0 N–H and O–H groups in total. The number of anilines is 1. The number of halogens is 1. The monoisotopic (exact) mass is 456 g/mol. The fourth-order valence-corrected chi connectivity index (χ4v) is 5.09. The highest BCUT2D eigenvalue weighted by atomic mass is 35.5. The second-order valence-corrected chi connectivity index (χ2v) is 8.96. The molecule has 0 bridgehead atoms. The van der Waals surface area contributed by atoms with Crippen LogP contribution in [-0.4, -0.2) is 48.7 Å². The van der Waals surface area contributed by atoms with E-state index in [9.17, 15) is 9.59 Å². The van der Waals surface area contributed by atoms with Crippen molar-refractivity contribution in [1.82, 2.24) is 23.8 Å². The van der Waals surface area contributed by atoms with Gasteiger partial charge >= 0.3 is 0 Å². The zero-order valence-electron chi connectivity index (χ0n) is 17.2. The van der Waals surface area contributed by atoms with E-state index in [1.165, 1.54) is 11.5 Å². The topological polar surface area (TPSA) is 84.2 Å². The Morgan fingerprint density at radius 2 is 1.94 bits per heavy atom. The molecule has 1 atom stereocenters. The molecule has 10 heteroatoms. The van der Waals surface area contributed by atoms with Gasteiger partial charge in [-0.3, -0.25) is 14.5 Å². The molecule has 8 nitrogen and oxygen atoms in total. The minimum atomic E-state index is -0.254. The summed E-state index contributed by atoms with van der Waals surface area (Å²) in [4.78, 5) is 38.8.